The summed E-state index contributed by atoms with van der Waals surface area (Å²) in [6.45, 7) is 5.89. The monoisotopic (exact) mass is 414 g/mol. The maximum Gasteiger partial charge on any atom is 0.258 e. The average Bonchev–Trinajstić information content (AvgIpc) is 3.18. The summed E-state index contributed by atoms with van der Waals surface area (Å²) in [5, 5.41) is 5.16. The first-order valence-electron chi connectivity index (χ1n) is 9.86. The summed E-state index contributed by atoms with van der Waals surface area (Å²) in [6.07, 6.45) is 3.26. The predicted molar refractivity (Wildman–Crippen MR) is 113 cm³/mol. The molecule has 0 aliphatic carbocycles. The summed E-state index contributed by atoms with van der Waals surface area (Å²) < 4.78 is 6.49. The molecule has 1 atom stereocenters. The normalized spacial score (nSPS) is 20.0. The highest BCUT2D eigenvalue weighted by atomic mass is 32.1. The van der Waals surface area contributed by atoms with E-state index in [0.717, 1.165) is 31.5 Å². The van der Waals surface area contributed by atoms with Crippen LogP contribution in [0, 0.1) is 6.92 Å². The number of nitrogens with one attached hydrogen (secondary N) is 1. The van der Waals surface area contributed by atoms with Crippen LogP contribution < -0.4 is 10.1 Å². The minimum Gasteiger partial charge on any atom is -0.484 e. The molecule has 7 nitrogen and oxygen atoms in total. The molecule has 4 rings (SSSR count). The van der Waals surface area contributed by atoms with Gasteiger partial charge in [-0.15, -0.1) is 11.3 Å². The van der Waals surface area contributed by atoms with Gasteiger partial charge in [0.25, 0.3) is 5.91 Å². The van der Waals surface area contributed by atoms with Crippen LogP contribution in [0.1, 0.15) is 35.7 Å². The number of amides is 2. The number of carbonyl (C=O) groups is 2. The number of rotatable bonds is 3. The molecule has 2 aliphatic heterocycles. The largest absolute Gasteiger partial charge is 0.484 e. The molecule has 154 valence electrons. The van der Waals surface area contributed by atoms with E-state index in [2.05, 4.69) is 22.2 Å². The van der Waals surface area contributed by atoms with Crippen LogP contribution in [0.15, 0.2) is 29.8 Å². The van der Waals surface area contributed by atoms with Gasteiger partial charge in [-0.2, -0.15) is 0 Å². The number of piperidine rings is 1. The van der Waals surface area contributed by atoms with E-state index >= 15 is 0 Å². The maximum absolute atomic E-state index is 13.5. The predicted octanol–water partition coefficient (Wildman–Crippen LogP) is 2.78. The highest BCUT2D eigenvalue weighted by molar-refractivity contribution is 7.13. The lowest BCUT2D eigenvalue weighted by Crippen LogP contribution is -2.56. The van der Waals surface area contributed by atoms with Crippen LogP contribution in [-0.2, 0) is 4.79 Å². The molecule has 1 saturated heterocycles. The number of nitrogens with zero attached hydrogens (tertiary/aromatic N) is 3. The lowest BCUT2D eigenvalue weighted by molar-refractivity contribution is -0.121. The lowest BCUT2D eigenvalue weighted by Gasteiger charge is -2.42. The number of anilines is 1. The zero-order valence-electron chi connectivity index (χ0n) is 17.0. The van der Waals surface area contributed by atoms with Crippen LogP contribution in [0.4, 0.5) is 5.13 Å². The van der Waals surface area contributed by atoms with Gasteiger partial charge in [-0.25, -0.2) is 4.98 Å². The lowest BCUT2D eigenvalue weighted by atomic mass is 9.90. The number of fused-ring (bicyclic) bond motifs is 1. The summed E-state index contributed by atoms with van der Waals surface area (Å²) in [7, 11) is 2.09. The van der Waals surface area contributed by atoms with Crippen LogP contribution >= 0.6 is 11.3 Å². The first kappa shape index (κ1) is 19.8. The van der Waals surface area contributed by atoms with Crippen molar-refractivity contribution in [1.29, 1.82) is 0 Å². The summed E-state index contributed by atoms with van der Waals surface area (Å²) in [6, 6.07) is 5.05. The second-order valence-corrected chi connectivity index (χ2v) is 8.92. The summed E-state index contributed by atoms with van der Waals surface area (Å²) >= 11 is 1.36. The molecule has 2 aliphatic rings. The zero-order valence-corrected chi connectivity index (χ0v) is 17.8. The molecule has 0 radical (unpaired) electrons. The number of hydrogen-bond acceptors (Lipinski definition) is 6. The fourth-order valence-corrected chi connectivity index (χ4v) is 4.47. The number of likely N-dealkylation sites (tertiary alicyclic amines) is 1. The summed E-state index contributed by atoms with van der Waals surface area (Å²) in [5.74, 6) is 0.203. The van der Waals surface area contributed by atoms with Crippen molar-refractivity contribution < 1.29 is 14.3 Å². The molecule has 0 saturated carbocycles. The number of carbonyl (C=O) groups excluding carboxylic acids is 2. The molecule has 1 aromatic carbocycles. The number of hydrogen-bond donors (Lipinski definition) is 1. The van der Waals surface area contributed by atoms with Gasteiger partial charge in [0.15, 0.2) is 5.13 Å². The van der Waals surface area contributed by atoms with E-state index < -0.39 is 11.6 Å². The number of aromatic nitrogens is 1. The Morgan fingerprint density at radius 3 is 2.79 bits per heavy atom. The molecule has 1 fully saturated rings. The van der Waals surface area contributed by atoms with E-state index in [1.165, 1.54) is 11.3 Å². The van der Waals surface area contributed by atoms with E-state index in [1.807, 2.05) is 25.1 Å². The summed E-state index contributed by atoms with van der Waals surface area (Å²) in [5.41, 5.74) is 1.02. The molecular weight excluding hydrogens is 388 g/mol. The molecule has 29 heavy (non-hydrogen) atoms. The van der Waals surface area contributed by atoms with Gasteiger partial charge >= 0.3 is 0 Å². The van der Waals surface area contributed by atoms with E-state index in [4.69, 9.17) is 4.74 Å². The Morgan fingerprint density at radius 2 is 2.10 bits per heavy atom. The minimum absolute atomic E-state index is 0.165. The van der Waals surface area contributed by atoms with Gasteiger partial charge in [-0.3, -0.25) is 9.59 Å². The topological polar surface area (TPSA) is 74.8 Å². The Balaban J connectivity index is 1.67. The van der Waals surface area contributed by atoms with E-state index in [1.54, 1.807) is 23.4 Å². The molecule has 2 amide bonds. The molecular formula is C21H26N4O3S. The molecule has 0 bridgehead atoms. The standard InChI is InChI=1S/C21H26N4O3S/c1-14-4-5-17-16(12-14)19(27)25(13-21(28-17)6-9-24(3)10-7-21)15(2)18(26)23-20-22-8-11-29-20/h4-5,8,11-12,15H,6-7,9-10,13H2,1-3H3,(H,22,23,26). The molecule has 1 N–H and O–H groups in total. The smallest absolute Gasteiger partial charge is 0.258 e. The quantitative estimate of drug-likeness (QED) is 0.836. The Kier molecular flexibility index (Phi) is 5.31. The van der Waals surface area contributed by atoms with Crippen LogP contribution in [0.2, 0.25) is 0 Å². The number of benzene rings is 1. The zero-order chi connectivity index (χ0) is 20.6. The van der Waals surface area contributed by atoms with Gasteiger partial charge in [-0.1, -0.05) is 11.6 Å². The van der Waals surface area contributed by atoms with Crippen LogP contribution in [0.5, 0.6) is 5.75 Å². The van der Waals surface area contributed by atoms with Gasteiger partial charge in [0.1, 0.15) is 17.4 Å². The van der Waals surface area contributed by atoms with Crippen molar-refractivity contribution in [3.8, 4) is 5.75 Å². The molecule has 3 heterocycles. The number of ether oxygens (including phenoxy) is 1. The first-order valence-corrected chi connectivity index (χ1v) is 10.7. The number of aryl methyl sites for hydroxylation is 1. The Bertz CT molecular complexity index is 907. The van der Waals surface area contributed by atoms with Crippen LogP contribution in [-0.4, -0.2) is 64.9 Å². The Morgan fingerprint density at radius 1 is 1.34 bits per heavy atom. The third-order valence-electron chi connectivity index (χ3n) is 5.82. The van der Waals surface area contributed by atoms with Gasteiger partial charge in [0, 0.05) is 37.5 Å². The fraction of sp³-hybridized carbons (Fsp3) is 0.476. The van der Waals surface area contributed by atoms with Crippen molar-refractivity contribution >= 4 is 28.3 Å². The van der Waals surface area contributed by atoms with Crippen molar-refractivity contribution in [3.05, 3.63) is 40.9 Å². The van der Waals surface area contributed by atoms with Gasteiger partial charge < -0.3 is 19.9 Å². The first-order chi connectivity index (χ1) is 13.9. The highest BCUT2D eigenvalue weighted by Gasteiger charge is 2.44. The molecule has 1 aromatic heterocycles. The van der Waals surface area contributed by atoms with Gasteiger partial charge in [-0.05, 0) is 33.0 Å². The third-order valence-corrected chi connectivity index (χ3v) is 6.51. The van der Waals surface area contributed by atoms with Crippen LogP contribution in [0.3, 0.4) is 0 Å². The second kappa shape index (κ2) is 7.76. The molecule has 2 aromatic rings. The van der Waals surface area contributed by atoms with Crippen molar-refractivity contribution in [1.82, 2.24) is 14.8 Å². The fourth-order valence-electron chi connectivity index (χ4n) is 3.94. The average molecular weight is 415 g/mol. The highest BCUT2D eigenvalue weighted by Crippen LogP contribution is 2.36. The van der Waals surface area contributed by atoms with Crippen molar-refractivity contribution in [2.45, 2.75) is 38.3 Å². The van der Waals surface area contributed by atoms with Gasteiger partial charge in [0.2, 0.25) is 5.91 Å². The SMILES string of the molecule is Cc1ccc2c(c1)C(=O)N(C(C)C(=O)Nc1nccs1)CC1(CCN(C)CC1)O2. The Hall–Kier alpha value is -2.45. The maximum atomic E-state index is 13.5. The second-order valence-electron chi connectivity index (χ2n) is 8.02. The van der Waals surface area contributed by atoms with Gasteiger partial charge in [0.05, 0.1) is 12.1 Å². The van der Waals surface area contributed by atoms with E-state index in [-0.39, 0.29) is 11.8 Å². The molecule has 8 heteroatoms. The molecule has 1 unspecified atom stereocenters. The Labute approximate surface area is 174 Å². The third kappa shape index (κ3) is 4.00. The van der Waals surface area contributed by atoms with Crippen LogP contribution in [0.25, 0.3) is 0 Å². The minimum atomic E-state index is -0.641. The summed E-state index contributed by atoms with van der Waals surface area (Å²) in [4.78, 5) is 34.4. The van der Waals surface area contributed by atoms with E-state index in [0.29, 0.717) is 23.0 Å². The van der Waals surface area contributed by atoms with E-state index in [9.17, 15) is 9.59 Å². The molecule has 1 spiro atoms. The van der Waals surface area contributed by atoms with Crippen molar-refractivity contribution in [2.75, 3.05) is 32.0 Å². The number of thiazole rings is 1. The van der Waals surface area contributed by atoms with Crippen molar-refractivity contribution in [2.24, 2.45) is 0 Å². The van der Waals surface area contributed by atoms with Crippen molar-refractivity contribution in [3.63, 3.8) is 0 Å².